The topological polar surface area (TPSA) is 63.9 Å². The van der Waals surface area contributed by atoms with Gasteiger partial charge in [0.05, 0.1) is 24.9 Å². The molecule has 0 aromatic rings. The van der Waals surface area contributed by atoms with Crippen molar-refractivity contribution in [2.45, 2.75) is 102 Å². The molecule has 4 atom stereocenters. The normalized spacial score (nSPS) is 29.3. The number of aliphatic hydroxyl groups excluding tert-OH is 3. The second-order valence-corrected chi connectivity index (χ2v) is 6.89. The van der Waals surface area contributed by atoms with E-state index in [1.165, 1.54) is 57.8 Å². The molecule has 0 spiro atoms. The van der Waals surface area contributed by atoms with Crippen LogP contribution in [0.25, 0.3) is 0 Å². The second-order valence-electron chi connectivity index (χ2n) is 6.89. The molecular formula is C18H37NO3. The Balaban J connectivity index is 2.04. The van der Waals surface area contributed by atoms with Crippen molar-refractivity contribution in [3.8, 4) is 0 Å². The molecule has 4 heteroatoms. The third kappa shape index (κ3) is 6.15. The predicted molar refractivity (Wildman–Crippen MR) is 90.9 cm³/mol. The predicted octanol–water partition coefficient (Wildman–Crippen LogP) is 2.69. The van der Waals surface area contributed by atoms with Crippen molar-refractivity contribution in [2.24, 2.45) is 0 Å². The molecule has 1 heterocycles. The number of hydrogen-bond acceptors (Lipinski definition) is 4. The summed E-state index contributed by atoms with van der Waals surface area (Å²) in [6.45, 7) is 4.96. The van der Waals surface area contributed by atoms with Crippen LogP contribution in [0.1, 0.15) is 78.1 Å². The summed E-state index contributed by atoms with van der Waals surface area (Å²) in [6.07, 6.45) is 11.5. The van der Waals surface area contributed by atoms with Crippen LogP contribution < -0.4 is 0 Å². The number of hydrogen-bond donors (Lipinski definition) is 3. The van der Waals surface area contributed by atoms with Crippen molar-refractivity contribution in [1.82, 2.24) is 4.90 Å². The molecule has 1 rings (SSSR count). The zero-order chi connectivity index (χ0) is 16.4. The first kappa shape index (κ1) is 19.9. The standard InChI is InChI=1S/C18H37NO3/c1-3-4-5-6-7-8-9-10-11-12-13-19-15(2)17(21)18(22)16(19)14-20/h15-18,20-22H,3-14H2,1-2H3/t15-,16+,17+,18-/m0/s1. The van der Waals surface area contributed by atoms with Gasteiger partial charge in [0.1, 0.15) is 0 Å². The lowest BCUT2D eigenvalue weighted by Crippen LogP contribution is -2.41. The largest absolute Gasteiger partial charge is 0.395 e. The third-order valence-corrected chi connectivity index (χ3v) is 5.14. The van der Waals surface area contributed by atoms with Crippen LogP contribution in [0.2, 0.25) is 0 Å². The second kappa shape index (κ2) is 11.4. The van der Waals surface area contributed by atoms with Gasteiger partial charge >= 0.3 is 0 Å². The summed E-state index contributed by atoms with van der Waals surface area (Å²) in [4.78, 5) is 2.07. The van der Waals surface area contributed by atoms with Crippen LogP contribution in [-0.2, 0) is 0 Å². The molecule has 22 heavy (non-hydrogen) atoms. The Hall–Kier alpha value is -0.160. The summed E-state index contributed by atoms with van der Waals surface area (Å²) in [5, 5.41) is 29.2. The van der Waals surface area contributed by atoms with Gasteiger partial charge in [0, 0.05) is 6.04 Å². The van der Waals surface area contributed by atoms with E-state index in [9.17, 15) is 15.3 Å². The van der Waals surface area contributed by atoms with E-state index in [4.69, 9.17) is 0 Å². The maximum absolute atomic E-state index is 9.91. The van der Waals surface area contributed by atoms with Crippen LogP contribution >= 0.6 is 0 Å². The molecule has 0 aromatic heterocycles. The minimum absolute atomic E-state index is 0.0642. The minimum Gasteiger partial charge on any atom is -0.395 e. The lowest BCUT2D eigenvalue weighted by Gasteiger charge is -2.27. The van der Waals surface area contributed by atoms with Crippen LogP contribution in [0.4, 0.5) is 0 Å². The van der Waals surface area contributed by atoms with E-state index in [0.717, 1.165) is 13.0 Å². The molecule has 1 saturated heterocycles. The highest BCUT2D eigenvalue weighted by atomic mass is 16.3. The summed E-state index contributed by atoms with van der Waals surface area (Å²) in [5.41, 5.74) is 0. The SMILES string of the molecule is CCCCCCCCCCCCN1[C@H](CO)[C@H](O)[C@H](O)[C@@H]1C. The average Bonchev–Trinajstić information content (AvgIpc) is 2.73. The minimum atomic E-state index is -0.817. The molecule has 0 unspecified atom stereocenters. The number of aliphatic hydroxyl groups is 3. The van der Waals surface area contributed by atoms with E-state index in [1.807, 2.05) is 6.92 Å². The molecule has 0 amide bonds. The van der Waals surface area contributed by atoms with E-state index in [0.29, 0.717) is 0 Å². The van der Waals surface area contributed by atoms with Crippen molar-refractivity contribution in [2.75, 3.05) is 13.2 Å². The lowest BCUT2D eigenvalue weighted by atomic mass is 10.1. The van der Waals surface area contributed by atoms with E-state index in [-0.39, 0.29) is 18.7 Å². The van der Waals surface area contributed by atoms with Crippen molar-refractivity contribution in [3.05, 3.63) is 0 Å². The van der Waals surface area contributed by atoms with Crippen molar-refractivity contribution in [3.63, 3.8) is 0 Å². The number of unbranched alkanes of at least 4 members (excludes halogenated alkanes) is 9. The van der Waals surface area contributed by atoms with E-state index < -0.39 is 12.2 Å². The Labute approximate surface area is 136 Å². The van der Waals surface area contributed by atoms with Gasteiger partial charge in [-0.2, -0.15) is 0 Å². The van der Waals surface area contributed by atoms with Gasteiger partial charge in [0.2, 0.25) is 0 Å². The molecule has 0 saturated carbocycles. The molecule has 0 aliphatic carbocycles. The first-order chi connectivity index (χ1) is 10.6. The monoisotopic (exact) mass is 315 g/mol. The molecule has 1 aliphatic heterocycles. The van der Waals surface area contributed by atoms with Gasteiger partial charge in [-0.1, -0.05) is 64.7 Å². The van der Waals surface area contributed by atoms with Crippen molar-refractivity contribution >= 4 is 0 Å². The summed E-state index contributed by atoms with van der Waals surface area (Å²) in [7, 11) is 0. The molecule has 0 bridgehead atoms. The fraction of sp³-hybridized carbons (Fsp3) is 1.00. The zero-order valence-corrected chi connectivity index (χ0v) is 14.6. The Bertz CT molecular complexity index is 275. The maximum Gasteiger partial charge on any atom is 0.0991 e. The van der Waals surface area contributed by atoms with Gasteiger partial charge in [0.15, 0.2) is 0 Å². The molecule has 1 fully saturated rings. The van der Waals surface area contributed by atoms with Crippen LogP contribution in [-0.4, -0.2) is 57.7 Å². The number of nitrogens with zero attached hydrogens (tertiary/aromatic N) is 1. The van der Waals surface area contributed by atoms with Crippen LogP contribution in [0, 0.1) is 0 Å². The van der Waals surface area contributed by atoms with Gasteiger partial charge in [0.25, 0.3) is 0 Å². The van der Waals surface area contributed by atoms with Crippen LogP contribution in [0.3, 0.4) is 0 Å². The lowest BCUT2D eigenvalue weighted by molar-refractivity contribution is 0.0188. The Morgan fingerprint density at radius 3 is 1.77 bits per heavy atom. The van der Waals surface area contributed by atoms with Crippen LogP contribution in [0.5, 0.6) is 0 Å². The molecule has 0 radical (unpaired) electrons. The fourth-order valence-electron chi connectivity index (χ4n) is 3.57. The summed E-state index contributed by atoms with van der Waals surface area (Å²) in [6, 6.07) is -0.366. The van der Waals surface area contributed by atoms with Gasteiger partial charge in [-0.25, -0.2) is 0 Å². The smallest absolute Gasteiger partial charge is 0.0991 e. The molecule has 132 valence electrons. The first-order valence-electron chi connectivity index (χ1n) is 9.36. The highest BCUT2D eigenvalue weighted by Crippen LogP contribution is 2.25. The maximum atomic E-state index is 9.91. The first-order valence-corrected chi connectivity index (χ1v) is 9.36. The van der Waals surface area contributed by atoms with Crippen LogP contribution in [0.15, 0.2) is 0 Å². The Morgan fingerprint density at radius 2 is 1.27 bits per heavy atom. The summed E-state index contributed by atoms with van der Waals surface area (Å²) < 4.78 is 0. The zero-order valence-electron chi connectivity index (χ0n) is 14.6. The van der Waals surface area contributed by atoms with E-state index in [2.05, 4.69) is 11.8 Å². The molecule has 0 aromatic carbocycles. The molecule has 3 N–H and O–H groups in total. The quantitative estimate of drug-likeness (QED) is 0.485. The average molecular weight is 315 g/mol. The Morgan fingerprint density at radius 1 is 0.773 bits per heavy atom. The van der Waals surface area contributed by atoms with Crippen molar-refractivity contribution in [1.29, 1.82) is 0 Å². The molecule has 4 nitrogen and oxygen atoms in total. The summed E-state index contributed by atoms with van der Waals surface area (Å²) in [5.74, 6) is 0. The van der Waals surface area contributed by atoms with E-state index in [1.54, 1.807) is 0 Å². The third-order valence-electron chi connectivity index (χ3n) is 5.14. The highest BCUT2D eigenvalue weighted by molar-refractivity contribution is 4.98. The van der Waals surface area contributed by atoms with Gasteiger partial charge < -0.3 is 15.3 Å². The van der Waals surface area contributed by atoms with Crippen molar-refractivity contribution < 1.29 is 15.3 Å². The number of likely N-dealkylation sites (tertiary alicyclic amines) is 1. The summed E-state index contributed by atoms with van der Waals surface area (Å²) >= 11 is 0. The number of rotatable bonds is 12. The van der Waals surface area contributed by atoms with Gasteiger partial charge in [-0.3, -0.25) is 4.90 Å². The van der Waals surface area contributed by atoms with Gasteiger partial charge in [-0.15, -0.1) is 0 Å². The van der Waals surface area contributed by atoms with Gasteiger partial charge in [-0.05, 0) is 19.9 Å². The fourth-order valence-corrected chi connectivity index (χ4v) is 3.57. The van der Waals surface area contributed by atoms with E-state index >= 15 is 0 Å². The molecule has 1 aliphatic rings. The Kier molecular flexibility index (Phi) is 10.3. The molecular weight excluding hydrogens is 278 g/mol. The highest BCUT2D eigenvalue weighted by Gasteiger charge is 2.44.